The van der Waals surface area contributed by atoms with E-state index in [1.807, 2.05) is 18.2 Å². The van der Waals surface area contributed by atoms with Gasteiger partial charge in [0.25, 0.3) is 0 Å². The first-order valence-electron chi connectivity index (χ1n) is 6.92. The lowest BCUT2D eigenvalue weighted by Gasteiger charge is -2.20. The van der Waals surface area contributed by atoms with E-state index in [1.165, 1.54) is 0 Å². The maximum absolute atomic E-state index is 5.55. The van der Waals surface area contributed by atoms with Crippen molar-refractivity contribution in [2.45, 2.75) is 32.9 Å². The Morgan fingerprint density at radius 2 is 1.85 bits per heavy atom. The molecule has 5 heteroatoms. The van der Waals surface area contributed by atoms with Crippen LogP contribution >= 0.6 is 0 Å². The van der Waals surface area contributed by atoms with Crippen LogP contribution < -0.4 is 10.1 Å². The molecule has 0 aliphatic carbocycles. The number of hydrogen-bond donors (Lipinski definition) is 1. The lowest BCUT2D eigenvalue weighted by molar-refractivity contribution is 0.0536. The van der Waals surface area contributed by atoms with Gasteiger partial charge in [-0.25, -0.2) is 4.98 Å². The van der Waals surface area contributed by atoms with Crippen LogP contribution in [0.1, 0.15) is 26.5 Å². The Morgan fingerprint density at radius 3 is 2.55 bits per heavy atom. The molecule has 5 nitrogen and oxygen atoms in total. The Morgan fingerprint density at radius 1 is 1.10 bits per heavy atom. The third kappa shape index (κ3) is 8.09. The van der Waals surface area contributed by atoms with Crippen LogP contribution in [0.25, 0.3) is 0 Å². The molecule has 1 N–H and O–H groups in total. The highest BCUT2D eigenvalue weighted by Gasteiger charge is 2.09. The predicted octanol–water partition coefficient (Wildman–Crippen LogP) is 2.01. The van der Waals surface area contributed by atoms with Gasteiger partial charge in [0.2, 0.25) is 5.88 Å². The second-order valence-corrected chi connectivity index (χ2v) is 5.52. The third-order valence-electron chi connectivity index (χ3n) is 2.49. The molecule has 0 saturated carbocycles. The Labute approximate surface area is 121 Å². The van der Waals surface area contributed by atoms with Crippen molar-refractivity contribution >= 4 is 0 Å². The molecule has 1 aromatic heterocycles. The summed E-state index contributed by atoms with van der Waals surface area (Å²) in [5.74, 6) is 0.633. The Bertz CT molecular complexity index is 378. The molecular weight excluding hydrogens is 256 g/mol. The molecule has 0 aliphatic heterocycles. The smallest absolute Gasteiger partial charge is 0.213 e. The van der Waals surface area contributed by atoms with E-state index in [0.717, 1.165) is 12.2 Å². The summed E-state index contributed by atoms with van der Waals surface area (Å²) in [7, 11) is 1.65. The summed E-state index contributed by atoms with van der Waals surface area (Å²) in [6, 6.07) is 5.80. The van der Waals surface area contributed by atoms with Gasteiger partial charge in [-0.15, -0.1) is 0 Å². The van der Waals surface area contributed by atoms with Gasteiger partial charge in [0.05, 0.1) is 25.5 Å². The Balaban J connectivity index is 2.29. The number of rotatable bonds is 9. The second-order valence-electron chi connectivity index (χ2n) is 5.52. The summed E-state index contributed by atoms with van der Waals surface area (Å²) >= 11 is 0. The van der Waals surface area contributed by atoms with Crippen LogP contribution in [0.4, 0.5) is 0 Å². The molecule has 1 heterocycles. The van der Waals surface area contributed by atoms with E-state index in [4.69, 9.17) is 14.2 Å². The number of aromatic nitrogens is 1. The molecule has 0 amide bonds. The highest BCUT2D eigenvalue weighted by Crippen LogP contribution is 2.09. The summed E-state index contributed by atoms with van der Waals surface area (Å²) in [6.45, 7) is 9.34. The maximum atomic E-state index is 5.55. The van der Waals surface area contributed by atoms with E-state index in [1.54, 1.807) is 7.11 Å². The van der Waals surface area contributed by atoms with Crippen molar-refractivity contribution in [3.8, 4) is 5.88 Å². The van der Waals surface area contributed by atoms with Crippen LogP contribution in [0.2, 0.25) is 0 Å². The normalized spacial score (nSPS) is 11.6. The highest BCUT2D eigenvalue weighted by molar-refractivity contribution is 5.15. The zero-order valence-corrected chi connectivity index (χ0v) is 12.9. The molecule has 0 atom stereocenters. The van der Waals surface area contributed by atoms with Gasteiger partial charge in [-0.3, -0.25) is 0 Å². The van der Waals surface area contributed by atoms with Gasteiger partial charge < -0.3 is 19.5 Å². The lowest BCUT2D eigenvalue weighted by Crippen LogP contribution is -2.35. The second kappa shape index (κ2) is 8.89. The molecule has 0 aliphatic rings. The molecule has 0 fully saturated rings. The largest absolute Gasteiger partial charge is 0.475 e. The molecule has 114 valence electrons. The van der Waals surface area contributed by atoms with Crippen molar-refractivity contribution in [3.63, 3.8) is 0 Å². The number of hydrogen-bond acceptors (Lipinski definition) is 5. The third-order valence-corrected chi connectivity index (χ3v) is 2.49. The van der Waals surface area contributed by atoms with E-state index < -0.39 is 0 Å². The van der Waals surface area contributed by atoms with E-state index in [0.29, 0.717) is 32.3 Å². The number of pyridine rings is 1. The van der Waals surface area contributed by atoms with Gasteiger partial charge >= 0.3 is 0 Å². The number of methoxy groups -OCH3 is 1. The van der Waals surface area contributed by atoms with Crippen LogP contribution in [-0.2, 0) is 16.0 Å². The molecule has 0 unspecified atom stereocenters. The number of ether oxygens (including phenoxy) is 3. The van der Waals surface area contributed by atoms with E-state index in [9.17, 15) is 0 Å². The Kier molecular flexibility index (Phi) is 7.51. The quantitative estimate of drug-likeness (QED) is 0.702. The summed E-state index contributed by atoms with van der Waals surface area (Å²) < 4.78 is 15.8. The zero-order chi connectivity index (χ0) is 14.8. The van der Waals surface area contributed by atoms with Gasteiger partial charge in [-0.2, -0.15) is 0 Å². The van der Waals surface area contributed by atoms with E-state index in [-0.39, 0.29) is 5.54 Å². The fourth-order valence-electron chi connectivity index (χ4n) is 1.44. The summed E-state index contributed by atoms with van der Waals surface area (Å²) in [5, 5.41) is 3.40. The van der Waals surface area contributed by atoms with Crippen molar-refractivity contribution in [1.82, 2.24) is 10.3 Å². The lowest BCUT2D eigenvalue weighted by atomic mass is 10.1. The van der Waals surface area contributed by atoms with Crippen molar-refractivity contribution in [1.29, 1.82) is 0 Å². The molecule has 0 radical (unpaired) electrons. The van der Waals surface area contributed by atoms with E-state index in [2.05, 4.69) is 31.1 Å². The fraction of sp³-hybridized carbons (Fsp3) is 0.667. The molecule has 1 aromatic rings. The van der Waals surface area contributed by atoms with Gasteiger partial charge in [0, 0.05) is 25.3 Å². The SMILES string of the molecule is COCCOCCOc1cccc(CNC(C)(C)C)n1. The predicted molar refractivity (Wildman–Crippen MR) is 79.0 cm³/mol. The molecule has 0 spiro atoms. The van der Waals surface area contributed by atoms with Crippen molar-refractivity contribution in [3.05, 3.63) is 23.9 Å². The average molecular weight is 282 g/mol. The minimum atomic E-state index is 0.0771. The minimum Gasteiger partial charge on any atom is -0.475 e. The number of nitrogens with one attached hydrogen (secondary N) is 1. The fourth-order valence-corrected chi connectivity index (χ4v) is 1.44. The van der Waals surface area contributed by atoms with Gasteiger partial charge in [-0.05, 0) is 26.8 Å². The molecular formula is C15H26N2O3. The van der Waals surface area contributed by atoms with Gasteiger partial charge in [0.15, 0.2) is 0 Å². The Hall–Kier alpha value is -1.17. The van der Waals surface area contributed by atoms with Crippen LogP contribution in [0.15, 0.2) is 18.2 Å². The first-order chi connectivity index (χ1) is 9.51. The standard InChI is InChI=1S/C15H26N2O3/c1-15(2,3)16-12-13-6-5-7-14(17-13)20-11-10-19-9-8-18-4/h5-7,16H,8-12H2,1-4H3. The topological polar surface area (TPSA) is 52.6 Å². The average Bonchev–Trinajstić information content (AvgIpc) is 2.40. The highest BCUT2D eigenvalue weighted by atomic mass is 16.5. The van der Waals surface area contributed by atoms with Crippen LogP contribution in [-0.4, -0.2) is 44.1 Å². The maximum Gasteiger partial charge on any atom is 0.213 e. The summed E-state index contributed by atoms with van der Waals surface area (Å²) in [6.07, 6.45) is 0. The first-order valence-corrected chi connectivity index (χ1v) is 6.92. The molecule has 0 bridgehead atoms. The molecule has 20 heavy (non-hydrogen) atoms. The molecule has 0 saturated heterocycles. The van der Waals surface area contributed by atoms with Crippen LogP contribution in [0, 0.1) is 0 Å². The van der Waals surface area contributed by atoms with Gasteiger partial charge in [0.1, 0.15) is 6.61 Å². The summed E-state index contributed by atoms with van der Waals surface area (Å²) in [4.78, 5) is 4.44. The number of nitrogens with zero attached hydrogens (tertiary/aromatic N) is 1. The molecule has 0 aromatic carbocycles. The van der Waals surface area contributed by atoms with E-state index >= 15 is 0 Å². The van der Waals surface area contributed by atoms with Crippen LogP contribution in [0.5, 0.6) is 5.88 Å². The van der Waals surface area contributed by atoms with Gasteiger partial charge in [-0.1, -0.05) is 6.07 Å². The minimum absolute atomic E-state index is 0.0771. The van der Waals surface area contributed by atoms with Crippen molar-refractivity contribution in [2.75, 3.05) is 33.5 Å². The van der Waals surface area contributed by atoms with Crippen molar-refractivity contribution < 1.29 is 14.2 Å². The first kappa shape index (κ1) is 16.9. The molecule has 1 rings (SSSR count). The van der Waals surface area contributed by atoms with Crippen molar-refractivity contribution in [2.24, 2.45) is 0 Å². The zero-order valence-electron chi connectivity index (χ0n) is 12.9. The summed E-state index contributed by atoms with van der Waals surface area (Å²) in [5.41, 5.74) is 1.05. The monoisotopic (exact) mass is 282 g/mol. The van der Waals surface area contributed by atoms with Crippen LogP contribution in [0.3, 0.4) is 0 Å².